The minimum absolute atomic E-state index is 0.0848. The maximum atomic E-state index is 13.5. The van der Waals surface area contributed by atoms with Crippen molar-refractivity contribution in [3.63, 3.8) is 0 Å². The fraction of sp³-hybridized carbons (Fsp3) is 0.250. The molecule has 0 spiro atoms. The zero-order valence-electron chi connectivity index (χ0n) is 9.84. The lowest BCUT2D eigenvalue weighted by Gasteiger charge is -2.18. The van der Waals surface area contributed by atoms with Gasteiger partial charge in [-0.1, -0.05) is 0 Å². The number of carbonyl (C=O) groups is 2. The van der Waals surface area contributed by atoms with Crippen LogP contribution >= 0.6 is 0 Å². The van der Waals surface area contributed by atoms with E-state index in [1.54, 1.807) is 0 Å². The molecular weight excluding hydrogens is 255 g/mol. The predicted octanol–water partition coefficient (Wildman–Crippen LogP) is 0.669. The Morgan fingerprint density at radius 3 is 2.32 bits per heavy atom. The Hall–Kier alpha value is -2.46. The lowest BCUT2D eigenvalue weighted by atomic mass is 10.1. The van der Waals surface area contributed by atoms with E-state index >= 15 is 0 Å². The Bertz CT molecular complexity index is 523. The number of rotatable bonds is 6. The average molecular weight is 266 g/mol. The van der Waals surface area contributed by atoms with Gasteiger partial charge in [0.15, 0.2) is 0 Å². The maximum Gasteiger partial charge on any atom is 0.317 e. The molecule has 0 saturated carbocycles. The molecule has 0 aliphatic rings. The first-order valence-corrected chi connectivity index (χ1v) is 5.27. The number of hydrogen-bond acceptors (Lipinski definition) is 4. The molecule has 0 heterocycles. The molecule has 0 aliphatic heterocycles. The number of benzene rings is 1. The topological polar surface area (TPSA) is 102 Å². The van der Waals surface area contributed by atoms with Crippen LogP contribution in [0.4, 0.5) is 4.39 Å². The van der Waals surface area contributed by atoms with E-state index in [9.17, 15) is 14.0 Å². The summed E-state index contributed by atoms with van der Waals surface area (Å²) in [6.07, 6.45) is 0. The molecule has 0 radical (unpaired) electrons. The second-order valence-corrected chi connectivity index (χ2v) is 3.85. The Morgan fingerprint density at radius 2 is 1.84 bits per heavy atom. The average Bonchev–Trinajstić information content (AvgIpc) is 2.30. The van der Waals surface area contributed by atoms with Gasteiger partial charge in [0.25, 0.3) is 0 Å². The highest BCUT2D eigenvalue weighted by Crippen LogP contribution is 2.12. The van der Waals surface area contributed by atoms with Crippen LogP contribution in [0, 0.1) is 17.1 Å². The van der Waals surface area contributed by atoms with Gasteiger partial charge >= 0.3 is 11.9 Å². The van der Waals surface area contributed by atoms with Gasteiger partial charge in [0.2, 0.25) is 0 Å². The highest BCUT2D eigenvalue weighted by Gasteiger charge is 2.16. The van der Waals surface area contributed by atoms with E-state index in [1.165, 1.54) is 12.1 Å². The molecule has 0 fully saturated rings. The van der Waals surface area contributed by atoms with Crippen molar-refractivity contribution in [2.45, 2.75) is 6.54 Å². The largest absolute Gasteiger partial charge is 0.480 e. The van der Waals surface area contributed by atoms with Crippen molar-refractivity contribution in [1.82, 2.24) is 4.90 Å². The lowest BCUT2D eigenvalue weighted by Crippen LogP contribution is -2.34. The molecular formula is C12H11FN2O4. The van der Waals surface area contributed by atoms with Crippen molar-refractivity contribution < 1.29 is 24.2 Å². The SMILES string of the molecule is N#Cc1ccc(F)c(CN(CC(=O)O)CC(=O)O)c1. The summed E-state index contributed by atoms with van der Waals surface area (Å²) in [5.41, 5.74) is 0.309. The Morgan fingerprint density at radius 1 is 1.26 bits per heavy atom. The number of nitriles is 1. The highest BCUT2D eigenvalue weighted by molar-refractivity contribution is 5.72. The number of hydrogen-bond donors (Lipinski definition) is 2. The van der Waals surface area contributed by atoms with Gasteiger partial charge in [0.05, 0.1) is 24.7 Å². The second-order valence-electron chi connectivity index (χ2n) is 3.85. The summed E-state index contributed by atoms with van der Waals surface area (Å²) in [4.78, 5) is 22.3. The molecule has 7 heteroatoms. The van der Waals surface area contributed by atoms with Crippen LogP contribution in [0.15, 0.2) is 18.2 Å². The molecule has 0 unspecified atom stereocenters. The summed E-state index contributed by atoms with van der Waals surface area (Å²) in [6, 6.07) is 5.48. The first-order valence-electron chi connectivity index (χ1n) is 5.27. The van der Waals surface area contributed by atoms with Crippen LogP contribution in [0.3, 0.4) is 0 Å². The molecule has 0 bridgehead atoms. The highest BCUT2D eigenvalue weighted by atomic mass is 19.1. The Balaban J connectivity index is 2.91. The summed E-state index contributed by atoms with van der Waals surface area (Å²) in [6.45, 7) is -1.25. The van der Waals surface area contributed by atoms with Gasteiger partial charge in [-0.2, -0.15) is 5.26 Å². The van der Waals surface area contributed by atoms with Gasteiger partial charge in [-0.05, 0) is 18.2 Å². The van der Waals surface area contributed by atoms with Crippen molar-refractivity contribution in [3.8, 4) is 6.07 Å². The van der Waals surface area contributed by atoms with Gasteiger partial charge in [-0.25, -0.2) is 4.39 Å². The summed E-state index contributed by atoms with van der Waals surface area (Å²) in [7, 11) is 0. The molecule has 0 amide bonds. The third-order valence-electron chi connectivity index (χ3n) is 2.29. The third kappa shape index (κ3) is 4.73. The molecule has 19 heavy (non-hydrogen) atoms. The van der Waals surface area contributed by atoms with E-state index in [4.69, 9.17) is 15.5 Å². The summed E-state index contributed by atoms with van der Waals surface area (Å²) in [5.74, 6) is -3.03. The molecule has 1 aromatic rings. The van der Waals surface area contributed by atoms with Crippen LogP contribution < -0.4 is 0 Å². The number of carboxylic acids is 2. The molecule has 6 nitrogen and oxygen atoms in total. The van der Waals surface area contributed by atoms with E-state index in [0.717, 1.165) is 11.0 Å². The fourth-order valence-electron chi connectivity index (χ4n) is 1.56. The molecule has 0 aliphatic carbocycles. The predicted molar refractivity (Wildman–Crippen MR) is 61.7 cm³/mol. The standard InChI is InChI=1S/C12H11FN2O4/c13-10-2-1-8(4-14)3-9(10)5-15(6-11(16)17)7-12(18)19/h1-3H,5-7H2,(H,16,17)(H,18,19). The third-order valence-corrected chi connectivity index (χ3v) is 2.29. The number of halogens is 1. The van der Waals surface area contributed by atoms with Crippen LogP contribution in [-0.4, -0.2) is 40.1 Å². The molecule has 0 saturated heterocycles. The van der Waals surface area contributed by atoms with E-state index in [-0.39, 0.29) is 17.7 Å². The van der Waals surface area contributed by atoms with Crippen molar-refractivity contribution in [1.29, 1.82) is 5.26 Å². The summed E-state index contributed by atoms with van der Waals surface area (Å²) < 4.78 is 13.5. The maximum absolute atomic E-state index is 13.5. The molecule has 0 atom stereocenters. The van der Waals surface area contributed by atoms with Crippen LogP contribution in [0.25, 0.3) is 0 Å². The fourth-order valence-corrected chi connectivity index (χ4v) is 1.56. The van der Waals surface area contributed by atoms with E-state index in [0.29, 0.717) is 0 Å². The van der Waals surface area contributed by atoms with Gasteiger partial charge in [0.1, 0.15) is 5.82 Å². The first-order chi connectivity index (χ1) is 8.92. The molecule has 1 rings (SSSR count). The van der Waals surface area contributed by atoms with Crippen LogP contribution in [0.5, 0.6) is 0 Å². The number of aliphatic carboxylic acids is 2. The van der Waals surface area contributed by atoms with Gasteiger partial charge < -0.3 is 10.2 Å². The molecule has 1 aromatic carbocycles. The van der Waals surface area contributed by atoms with Gasteiger partial charge in [-0.15, -0.1) is 0 Å². The Labute approximate surface area is 108 Å². The lowest BCUT2D eigenvalue weighted by molar-refractivity contribution is -0.142. The quantitative estimate of drug-likeness (QED) is 0.784. The minimum Gasteiger partial charge on any atom is -0.480 e. The van der Waals surface area contributed by atoms with Gasteiger partial charge in [0, 0.05) is 12.1 Å². The normalized spacial score (nSPS) is 10.2. The molecule has 0 aromatic heterocycles. The monoisotopic (exact) mass is 266 g/mol. The smallest absolute Gasteiger partial charge is 0.317 e. The van der Waals surface area contributed by atoms with Crippen LogP contribution in [0.1, 0.15) is 11.1 Å². The summed E-state index contributed by atoms with van der Waals surface area (Å²) >= 11 is 0. The zero-order chi connectivity index (χ0) is 14.4. The molecule has 2 N–H and O–H groups in total. The van der Waals surface area contributed by atoms with Crippen molar-refractivity contribution in [2.75, 3.05) is 13.1 Å². The first kappa shape index (κ1) is 14.6. The van der Waals surface area contributed by atoms with Crippen molar-refractivity contribution in [3.05, 3.63) is 35.1 Å². The zero-order valence-corrected chi connectivity index (χ0v) is 9.84. The van der Waals surface area contributed by atoms with E-state index in [1.807, 2.05) is 6.07 Å². The van der Waals surface area contributed by atoms with E-state index in [2.05, 4.69) is 0 Å². The van der Waals surface area contributed by atoms with Crippen molar-refractivity contribution >= 4 is 11.9 Å². The minimum atomic E-state index is -1.21. The summed E-state index contributed by atoms with van der Waals surface area (Å²) in [5, 5.41) is 26.0. The Kier molecular flexibility index (Phi) is 4.97. The second kappa shape index (κ2) is 6.47. The van der Waals surface area contributed by atoms with Crippen LogP contribution in [-0.2, 0) is 16.1 Å². The molecule has 100 valence electrons. The number of nitrogens with zero attached hydrogens (tertiary/aromatic N) is 2. The van der Waals surface area contributed by atoms with Crippen LogP contribution in [0.2, 0.25) is 0 Å². The number of carboxylic acid groups (broad SMARTS) is 2. The van der Waals surface area contributed by atoms with E-state index < -0.39 is 30.8 Å². The van der Waals surface area contributed by atoms with Crippen molar-refractivity contribution in [2.24, 2.45) is 0 Å². The van der Waals surface area contributed by atoms with Gasteiger partial charge in [-0.3, -0.25) is 14.5 Å².